The molecule has 1 aliphatic carbocycles. The Morgan fingerprint density at radius 1 is 0.848 bits per heavy atom. The number of carbonyl (C=O) groups is 2. The summed E-state index contributed by atoms with van der Waals surface area (Å²) in [5.74, 6) is 0.0485. The maximum atomic E-state index is 12.4. The van der Waals surface area contributed by atoms with E-state index in [9.17, 15) is 22.8 Å². The second kappa shape index (κ2) is 10.4. The first kappa shape index (κ1) is 27.0. The molecule has 1 N–H and O–H groups in total. The number of alkyl halides is 3. The van der Waals surface area contributed by atoms with E-state index < -0.39 is 15.6 Å². The summed E-state index contributed by atoms with van der Waals surface area (Å²) >= 11 is 5.54. The lowest BCUT2D eigenvalue weighted by molar-refractivity contribution is -0.117. The van der Waals surface area contributed by atoms with Crippen LogP contribution in [0.3, 0.4) is 0 Å². The summed E-state index contributed by atoms with van der Waals surface area (Å²) in [7, 11) is -5.84. The molecule has 0 radical (unpaired) electrons. The van der Waals surface area contributed by atoms with Crippen molar-refractivity contribution >= 4 is 46.8 Å². The van der Waals surface area contributed by atoms with E-state index in [-0.39, 0.29) is 25.1 Å². The van der Waals surface area contributed by atoms with Gasteiger partial charge in [-0.25, -0.2) is 0 Å². The van der Waals surface area contributed by atoms with Crippen LogP contribution in [-0.4, -0.2) is 84.0 Å². The number of benzene rings is 1. The zero-order chi connectivity index (χ0) is 23.7. The number of allylic oxidation sites excluding steroid dienone is 1. The highest BCUT2D eigenvalue weighted by Crippen LogP contribution is 2.33. The SMILES string of the molecule is Clc1ccccc1.O=C1C=C(N2CC2)C(=O)C(N2CC2)=C1N1CC1.O=S(=O)(O)C(F)(F)F.S. The van der Waals surface area contributed by atoms with Crippen molar-refractivity contribution in [1.29, 1.82) is 0 Å². The summed E-state index contributed by atoms with van der Waals surface area (Å²) < 4.78 is 57.5. The Hall–Kier alpha value is -2.22. The molecule has 3 fully saturated rings. The van der Waals surface area contributed by atoms with Gasteiger partial charge in [0.15, 0.2) is 0 Å². The summed E-state index contributed by atoms with van der Waals surface area (Å²) in [6.07, 6.45) is 1.52. The Kier molecular flexibility index (Phi) is 8.49. The monoisotopic (exact) mass is 527 g/mol. The highest BCUT2D eigenvalue weighted by atomic mass is 35.5. The van der Waals surface area contributed by atoms with E-state index in [0.29, 0.717) is 17.1 Å². The van der Waals surface area contributed by atoms with E-state index in [1.807, 2.05) is 45.0 Å². The molecule has 5 rings (SSSR count). The number of hydrogen-bond acceptors (Lipinski definition) is 7. The predicted molar refractivity (Wildman–Crippen MR) is 119 cm³/mol. The van der Waals surface area contributed by atoms with Crippen molar-refractivity contribution in [3.8, 4) is 0 Å². The van der Waals surface area contributed by atoms with Crippen LogP contribution < -0.4 is 0 Å². The Balaban J connectivity index is 0.000000204. The van der Waals surface area contributed by atoms with Crippen molar-refractivity contribution in [3.63, 3.8) is 0 Å². The third-order valence-corrected chi connectivity index (χ3v) is 5.35. The van der Waals surface area contributed by atoms with E-state index in [0.717, 1.165) is 44.3 Å². The van der Waals surface area contributed by atoms with Crippen LogP contribution in [0, 0.1) is 0 Å². The molecule has 1 aromatic carbocycles. The molecule has 3 aliphatic heterocycles. The number of nitrogens with zero attached hydrogens (tertiary/aromatic N) is 3. The van der Waals surface area contributed by atoms with Crippen LogP contribution in [0.2, 0.25) is 5.02 Å². The summed E-state index contributed by atoms with van der Waals surface area (Å²) in [5.41, 5.74) is -3.65. The molecule has 0 aromatic heterocycles. The van der Waals surface area contributed by atoms with Crippen molar-refractivity contribution < 1.29 is 35.7 Å². The molecular formula is C19H21ClF3N3O5S2. The number of halogens is 4. The Bertz CT molecular complexity index is 1070. The lowest BCUT2D eigenvalue weighted by Gasteiger charge is -2.21. The average Bonchev–Trinajstić information content (AvgIpc) is 3.55. The van der Waals surface area contributed by atoms with E-state index in [1.165, 1.54) is 6.08 Å². The van der Waals surface area contributed by atoms with E-state index >= 15 is 0 Å². The highest BCUT2D eigenvalue weighted by molar-refractivity contribution is 7.86. The maximum absolute atomic E-state index is 12.4. The second-order valence-electron chi connectivity index (χ2n) is 7.10. The van der Waals surface area contributed by atoms with Gasteiger partial charge in [-0.05, 0) is 12.1 Å². The number of ketones is 2. The van der Waals surface area contributed by atoms with Crippen LogP contribution in [-0.2, 0) is 19.7 Å². The van der Waals surface area contributed by atoms with Crippen LogP contribution in [0.4, 0.5) is 13.2 Å². The normalized spacial score (nSPS) is 18.9. The van der Waals surface area contributed by atoms with Crippen molar-refractivity contribution in [2.45, 2.75) is 5.51 Å². The van der Waals surface area contributed by atoms with E-state index in [1.54, 1.807) is 0 Å². The fourth-order valence-corrected chi connectivity index (χ4v) is 2.84. The second-order valence-corrected chi connectivity index (χ2v) is 8.95. The van der Waals surface area contributed by atoms with Crippen LogP contribution in [0.15, 0.2) is 53.5 Å². The van der Waals surface area contributed by atoms with Gasteiger partial charge in [0.05, 0.1) is 5.70 Å². The molecule has 182 valence electrons. The lowest BCUT2D eigenvalue weighted by atomic mass is 10.0. The van der Waals surface area contributed by atoms with Gasteiger partial charge in [0.1, 0.15) is 11.4 Å². The Morgan fingerprint density at radius 2 is 1.27 bits per heavy atom. The summed E-state index contributed by atoms with van der Waals surface area (Å²) in [6.45, 7) is 5.41. The molecule has 4 aliphatic rings. The zero-order valence-corrected chi connectivity index (χ0v) is 19.6. The highest BCUT2D eigenvalue weighted by Gasteiger charge is 2.45. The molecule has 3 heterocycles. The fourth-order valence-electron chi connectivity index (χ4n) is 2.69. The van der Waals surface area contributed by atoms with Crippen LogP contribution in [0.1, 0.15) is 0 Å². The summed E-state index contributed by atoms with van der Waals surface area (Å²) in [4.78, 5) is 30.5. The van der Waals surface area contributed by atoms with Gasteiger partial charge in [-0.15, -0.1) is 0 Å². The van der Waals surface area contributed by atoms with E-state index in [4.69, 9.17) is 24.6 Å². The van der Waals surface area contributed by atoms with Gasteiger partial charge < -0.3 is 14.7 Å². The molecule has 0 unspecified atom stereocenters. The van der Waals surface area contributed by atoms with Gasteiger partial charge in [-0.3, -0.25) is 14.1 Å². The third kappa shape index (κ3) is 7.39. The van der Waals surface area contributed by atoms with Gasteiger partial charge >= 0.3 is 15.6 Å². The van der Waals surface area contributed by atoms with Crippen LogP contribution >= 0.6 is 25.1 Å². The van der Waals surface area contributed by atoms with Crippen molar-refractivity contribution in [2.75, 3.05) is 39.3 Å². The Morgan fingerprint density at radius 3 is 1.61 bits per heavy atom. The molecule has 0 bridgehead atoms. The number of hydrogen-bond donors (Lipinski definition) is 1. The Labute approximate surface area is 200 Å². The molecule has 1 aromatic rings. The minimum atomic E-state index is -5.84. The molecule has 3 saturated heterocycles. The van der Waals surface area contributed by atoms with Gasteiger partial charge in [0.25, 0.3) is 0 Å². The predicted octanol–water partition coefficient (Wildman–Crippen LogP) is 2.03. The smallest absolute Gasteiger partial charge is 0.365 e. The minimum absolute atomic E-state index is 0. The standard InChI is InChI=1S/C12H13N3O2.C6H5Cl.CHF3O3S.H2S/c16-9-7-8(13-1-2-13)12(17)11(15-5-6-15)10(9)14-3-4-14;7-6-4-2-1-3-5-6;2-1(3,4)8(5,6)7;/h7H,1-6H2;1-5H;(H,5,6,7);1H2. The first-order valence-electron chi connectivity index (χ1n) is 9.44. The van der Waals surface area contributed by atoms with Crippen molar-refractivity contribution in [2.24, 2.45) is 0 Å². The lowest BCUT2D eigenvalue weighted by Crippen LogP contribution is -2.29. The van der Waals surface area contributed by atoms with Gasteiger partial charge in [0.2, 0.25) is 11.6 Å². The molecule has 0 saturated carbocycles. The molecule has 8 nitrogen and oxygen atoms in total. The van der Waals surface area contributed by atoms with Crippen molar-refractivity contribution in [3.05, 3.63) is 58.5 Å². The fraction of sp³-hybridized carbons (Fsp3) is 0.368. The molecule has 0 amide bonds. The minimum Gasteiger partial charge on any atom is -0.365 e. The van der Waals surface area contributed by atoms with Crippen molar-refractivity contribution in [1.82, 2.24) is 14.7 Å². The molecule has 14 heteroatoms. The van der Waals surface area contributed by atoms with Gasteiger partial charge in [0, 0.05) is 50.4 Å². The zero-order valence-electron chi connectivity index (χ0n) is 17.0. The quantitative estimate of drug-likeness (QED) is 0.276. The summed E-state index contributed by atoms with van der Waals surface area (Å²) in [5, 5.41) is 0.794. The largest absolute Gasteiger partial charge is 0.522 e. The molecular weight excluding hydrogens is 507 g/mol. The molecule has 33 heavy (non-hydrogen) atoms. The maximum Gasteiger partial charge on any atom is 0.522 e. The molecule has 0 atom stereocenters. The van der Waals surface area contributed by atoms with Crippen LogP contribution in [0.25, 0.3) is 0 Å². The third-order valence-electron chi connectivity index (χ3n) is 4.51. The summed E-state index contributed by atoms with van der Waals surface area (Å²) in [6, 6.07) is 9.44. The average molecular weight is 528 g/mol. The molecule has 0 spiro atoms. The van der Waals surface area contributed by atoms with Gasteiger partial charge in [-0.2, -0.15) is 35.1 Å². The first-order valence-corrected chi connectivity index (χ1v) is 11.3. The number of Topliss-reactive ketones (excluding diaryl/α,β-unsaturated/α-hetero) is 1. The van der Waals surface area contributed by atoms with Gasteiger partial charge in [-0.1, -0.05) is 29.8 Å². The number of rotatable bonds is 3. The van der Waals surface area contributed by atoms with E-state index in [2.05, 4.69) is 0 Å². The topological polar surface area (TPSA) is 97.5 Å². The number of carbonyl (C=O) groups excluding carboxylic acids is 2. The van der Waals surface area contributed by atoms with Crippen LogP contribution in [0.5, 0.6) is 0 Å². The first-order chi connectivity index (χ1) is 14.9.